The summed E-state index contributed by atoms with van der Waals surface area (Å²) in [5, 5.41) is 1.12. The molecule has 1 amide bonds. The third kappa shape index (κ3) is 6.72. The van der Waals surface area contributed by atoms with E-state index >= 15 is 0 Å². The molecule has 0 fully saturated rings. The standard InChI is InChI=1S/C25H26N2O4S/c1-3-31-24-15-9-21(10-16-24)19-27(2)25(28)22-11-13-23(14-12-22)26-32(29,30)18-17-20-7-5-4-6-8-20/h4-18,26H,3,19H2,1-2H3/b18-17+. The van der Waals surface area contributed by atoms with Crippen LogP contribution in [-0.4, -0.2) is 32.9 Å². The summed E-state index contributed by atoms with van der Waals surface area (Å²) in [5.74, 6) is 0.638. The monoisotopic (exact) mass is 450 g/mol. The van der Waals surface area contributed by atoms with Crippen LogP contribution in [0, 0.1) is 0 Å². The Kier molecular flexibility index (Phi) is 7.68. The lowest BCUT2D eigenvalue weighted by atomic mass is 10.1. The number of nitrogens with one attached hydrogen (secondary N) is 1. The Labute approximate surface area is 189 Å². The second kappa shape index (κ2) is 10.6. The van der Waals surface area contributed by atoms with E-state index < -0.39 is 10.0 Å². The molecule has 0 radical (unpaired) electrons. The highest BCUT2D eigenvalue weighted by Gasteiger charge is 2.13. The average Bonchev–Trinajstić information content (AvgIpc) is 2.80. The van der Waals surface area contributed by atoms with Crippen LogP contribution in [0.4, 0.5) is 5.69 Å². The molecule has 6 nitrogen and oxygen atoms in total. The van der Waals surface area contributed by atoms with Crippen molar-refractivity contribution >= 4 is 27.7 Å². The molecule has 0 atom stereocenters. The molecule has 0 spiro atoms. The molecule has 7 heteroatoms. The fourth-order valence-corrected chi connectivity index (χ4v) is 3.90. The first-order valence-electron chi connectivity index (χ1n) is 10.2. The molecule has 0 bridgehead atoms. The smallest absolute Gasteiger partial charge is 0.255 e. The van der Waals surface area contributed by atoms with Crippen LogP contribution in [0.15, 0.2) is 84.3 Å². The first-order chi connectivity index (χ1) is 15.4. The largest absolute Gasteiger partial charge is 0.494 e. The van der Waals surface area contributed by atoms with Crippen LogP contribution >= 0.6 is 0 Å². The number of hydrogen-bond acceptors (Lipinski definition) is 4. The Hall–Kier alpha value is -3.58. The van der Waals surface area contributed by atoms with E-state index in [0.717, 1.165) is 22.3 Å². The molecule has 166 valence electrons. The molecule has 0 aromatic heterocycles. The van der Waals surface area contributed by atoms with E-state index in [1.165, 1.54) is 6.08 Å². The number of ether oxygens (including phenoxy) is 1. The molecule has 1 N–H and O–H groups in total. The lowest BCUT2D eigenvalue weighted by Crippen LogP contribution is -2.26. The van der Waals surface area contributed by atoms with Gasteiger partial charge < -0.3 is 9.64 Å². The van der Waals surface area contributed by atoms with Crippen molar-refractivity contribution in [3.63, 3.8) is 0 Å². The van der Waals surface area contributed by atoms with Crippen LogP contribution in [0.3, 0.4) is 0 Å². The molecule has 0 unspecified atom stereocenters. The van der Waals surface area contributed by atoms with Crippen LogP contribution in [0.5, 0.6) is 5.75 Å². The van der Waals surface area contributed by atoms with E-state index in [2.05, 4.69) is 4.72 Å². The SMILES string of the molecule is CCOc1ccc(CN(C)C(=O)c2ccc(NS(=O)(=O)/C=C/c3ccccc3)cc2)cc1. The lowest BCUT2D eigenvalue weighted by molar-refractivity contribution is 0.0785. The van der Waals surface area contributed by atoms with Crippen LogP contribution in [0.2, 0.25) is 0 Å². The zero-order chi connectivity index (χ0) is 23.0. The molecule has 3 aromatic carbocycles. The number of hydrogen-bond donors (Lipinski definition) is 1. The summed E-state index contributed by atoms with van der Waals surface area (Å²) in [5.41, 5.74) is 2.63. The van der Waals surface area contributed by atoms with Gasteiger partial charge in [-0.1, -0.05) is 42.5 Å². The van der Waals surface area contributed by atoms with Crippen molar-refractivity contribution < 1.29 is 17.9 Å². The molecule has 0 heterocycles. The fourth-order valence-electron chi connectivity index (χ4n) is 3.04. The number of anilines is 1. The minimum absolute atomic E-state index is 0.155. The maximum absolute atomic E-state index is 12.7. The quantitative estimate of drug-likeness (QED) is 0.510. The molecule has 0 aliphatic carbocycles. The Morgan fingerprint density at radius 1 is 0.969 bits per heavy atom. The highest BCUT2D eigenvalue weighted by atomic mass is 32.2. The molecule has 0 aliphatic heterocycles. The van der Waals surface area contributed by atoms with Gasteiger partial charge in [-0.15, -0.1) is 0 Å². The molecule has 0 aliphatic rings. The van der Waals surface area contributed by atoms with Crippen LogP contribution in [0.25, 0.3) is 6.08 Å². The molecular weight excluding hydrogens is 424 g/mol. The second-order valence-electron chi connectivity index (χ2n) is 7.18. The van der Waals surface area contributed by atoms with Gasteiger partial charge in [0.05, 0.1) is 12.0 Å². The van der Waals surface area contributed by atoms with Crippen molar-refractivity contribution in [1.82, 2.24) is 4.90 Å². The Morgan fingerprint density at radius 2 is 1.62 bits per heavy atom. The molecule has 0 saturated carbocycles. The maximum atomic E-state index is 12.7. The topological polar surface area (TPSA) is 75.7 Å². The Bertz CT molecular complexity index is 1160. The zero-order valence-corrected chi connectivity index (χ0v) is 18.9. The third-order valence-corrected chi connectivity index (χ3v) is 5.65. The van der Waals surface area contributed by atoms with Gasteiger partial charge in [0.2, 0.25) is 0 Å². The Balaban J connectivity index is 1.60. The third-order valence-electron chi connectivity index (χ3n) is 4.63. The van der Waals surface area contributed by atoms with Gasteiger partial charge in [0.1, 0.15) is 5.75 Å². The van der Waals surface area contributed by atoms with E-state index in [-0.39, 0.29) is 5.91 Å². The first kappa shape index (κ1) is 23.1. The van der Waals surface area contributed by atoms with Gasteiger partial charge >= 0.3 is 0 Å². The van der Waals surface area contributed by atoms with E-state index in [1.807, 2.05) is 61.5 Å². The van der Waals surface area contributed by atoms with Crippen LogP contribution in [0.1, 0.15) is 28.4 Å². The van der Waals surface area contributed by atoms with Gasteiger partial charge in [0, 0.05) is 24.8 Å². The number of rotatable bonds is 9. The van der Waals surface area contributed by atoms with E-state index in [9.17, 15) is 13.2 Å². The molecule has 3 rings (SSSR count). The van der Waals surface area contributed by atoms with E-state index in [1.54, 1.807) is 36.2 Å². The lowest BCUT2D eigenvalue weighted by Gasteiger charge is -2.18. The summed E-state index contributed by atoms with van der Waals surface area (Å²) in [6, 6.07) is 23.1. The van der Waals surface area contributed by atoms with Crippen molar-refractivity contribution in [2.75, 3.05) is 18.4 Å². The summed E-state index contributed by atoms with van der Waals surface area (Å²) in [4.78, 5) is 14.3. The first-order valence-corrected chi connectivity index (χ1v) is 11.7. The van der Waals surface area contributed by atoms with Gasteiger partial charge in [-0.05, 0) is 60.5 Å². The molecule has 32 heavy (non-hydrogen) atoms. The van der Waals surface area contributed by atoms with Gasteiger partial charge in [-0.3, -0.25) is 9.52 Å². The molecule has 0 saturated heterocycles. The molecule has 3 aromatic rings. The number of amides is 1. The number of carbonyl (C=O) groups excluding carboxylic acids is 1. The predicted octanol–water partition coefficient (Wildman–Crippen LogP) is 4.77. The number of carbonyl (C=O) groups is 1. The zero-order valence-electron chi connectivity index (χ0n) is 18.1. The number of nitrogens with zero attached hydrogens (tertiary/aromatic N) is 1. The van der Waals surface area contributed by atoms with Crippen molar-refractivity contribution in [2.24, 2.45) is 0 Å². The molecular formula is C25H26N2O4S. The highest BCUT2D eigenvalue weighted by molar-refractivity contribution is 7.95. The average molecular weight is 451 g/mol. The normalized spacial score (nSPS) is 11.3. The minimum atomic E-state index is -3.67. The number of benzene rings is 3. The van der Waals surface area contributed by atoms with Crippen molar-refractivity contribution in [1.29, 1.82) is 0 Å². The predicted molar refractivity (Wildman–Crippen MR) is 128 cm³/mol. The van der Waals surface area contributed by atoms with Crippen LogP contribution in [-0.2, 0) is 16.6 Å². The summed E-state index contributed by atoms with van der Waals surface area (Å²) in [7, 11) is -1.94. The van der Waals surface area contributed by atoms with E-state index in [0.29, 0.717) is 24.4 Å². The van der Waals surface area contributed by atoms with Gasteiger partial charge in [0.25, 0.3) is 15.9 Å². The van der Waals surface area contributed by atoms with E-state index in [4.69, 9.17) is 4.74 Å². The van der Waals surface area contributed by atoms with Gasteiger partial charge in [-0.25, -0.2) is 8.42 Å². The summed E-state index contributed by atoms with van der Waals surface area (Å²) in [6.45, 7) is 2.98. The fraction of sp³-hybridized carbons (Fsp3) is 0.160. The highest BCUT2D eigenvalue weighted by Crippen LogP contribution is 2.17. The minimum Gasteiger partial charge on any atom is -0.494 e. The van der Waals surface area contributed by atoms with Crippen LogP contribution < -0.4 is 9.46 Å². The van der Waals surface area contributed by atoms with Crippen molar-refractivity contribution in [3.05, 3.63) is 101 Å². The summed E-state index contributed by atoms with van der Waals surface area (Å²) < 4.78 is 32.5. The number of sulfonamides is 1. The van der Waals surface area contributed by atoms with Gasteiger partial charge in [0.15, 0.2) is 0 Å². The van der Waals surface area contributed by atoms with Crippen molar-refractivity contribution in [2.45, 2.75) is 13.5 Å². The summed E-state index contributed by atoms with van der Waals surface area (Å²) in [6.07, 6.45) is 1.52. The second-order valence-corrected chi connectivity index (χ2v) is 8.74. The maximum Gasteiger partial charge on any atom is 0.255 e. The van der Waals surface area contributed by atoms with Crippen molar-refractivity contribution in [3.8, 4) is 5.75 Å². The Morgan fingerprint density at radius 3 is 2.25 bits per heavy atom. The summed E-state index contributed by atoms with van der Waals surface area (Å²) >= 11 is 0. The van der Waals surface area contributed by atoms with Gasteiger partial charge in [-0.2, -0.15) is 0 Å².